The second-order valence-electron chi connectivity index (χ2n) is 0.868. The van der Waals surface area contributed by atoms with E-state index in [9.17, 15) is 0 Å². The van der Waals surface area contributed by atoms with Crippen molar-refractivity contribution in [3.8, 4) is 0 Å². The molecule has 0 heterocycles. The van der Waals surface area contributed by atoms with Gasteiger partial charge in [-0.2, -0.15) is 0 Å². The van der Waals surface area contributed by atoms with Crippen LogP contribution in [0.15, 0.2) is 0 Å². The van der Waals surface area contributed by atoms with Crippen molar-refractivity contribution >= 4 is 45.4 Å². The minimum Gasteiger partial charge on any atom is -0.750 e. The van der Waals surface area contributed by atoms with E-state index in [4.69, 9.17) is 53.3 Å². The van der Waals surface area contributed by atoms with E-state index in [1.165, 1.54) is 0 Å². The van der Waals surface area contributed by atoms with E-state index in [0.717, 1.165) is 0 Å². The number of hydrogen-bond acceptors (Lipinski definition) is 8. The van der Waals surface area contributed by atoms with Gasteiger partial charge >= 0.3 is 118 Å². The molecular formula is H4Na4O12S4. The van der Waals surface area contributed by atoms with Crippen molar-refractivity contribution in [2.45, 2.75) is 0 Å². The summed E-state index contributed by atoms with van der Waals surface area (Å²) in [5, 5.41) is 0. The maximum atomic E-state index is 8.56. The summed E-state index contributed by atoms with van der Waals surface area (Å²) >= 11 is -11.4. The molecule has 12 nitrogen and oxygen atoms in total. The van der Waals surface area contributed by atoms with E-state index < -0.39 is 45.4 Å². The van der Waals surface area contributed by atoms with Gasteiger partial charge in [0, 0.05) is 0 Å². The zero-order valence-electron chi connectivity index (χ0n) is 10.7. The Balaban J connectivity index is -0.0000000150. The molecule has 0 aromatic rings. The topological polar surface area (TPSA) is 241 Å². The van der Waals surface area contributed by atoms with Gasteiger partial charge in [0.05, 0.1) is 45.4 Å². The maximum Gasteiger partial charge on any atom is 1.00 e. The van der Waals surface area contributed by atoms with Gasteiger partial charge in [-0.05, 0) is 0 Å². The standard InChI is InChI=1S/4Na.4H2O3S/c;;;;4*1-4(2)3/h;;;;4*(H2,1,2,3)/q4*+1;;;;/p-4. The summed E-state index contributed by atoms with van der Waals surface area (Å²) in [5.74, 6) is 0. The van der Waals surface area contributed by atoms with Gasteiger partial charge in [0.2, 0.25) is 0 Å². The molecule has 0 rings (SSSR count). The van der Waals surface area contributed by atoms with Crippen LogP contribution in [-0.4, -0.2) is 53.3 Å². The predicted octanol–water partition coefficient (Wildman–Crippen LogP) is -14.6. The largest absolute Gasteiger partial charge is 1.00 e. The number of rotatable bonds is 0. The third-order valence-electron chi connectivity index (χ3n) is 0. The van der Waals surface area contributed by atoms with Gasteiger partial charge in [0.15, 0.2) is 0 Å². The first-order chi connectivity index (χ1) is 6.93. The van der Waals surface area contributed by atoms with Gasteiger partial charge < -0.3 is 36.4 Å². The van der Waals surface area contributed by atoms with Gasteiger partial charge in [0.1, 0.15) is 0 Å². The van der Waals surface area contributed by atoms with Crippen molar-refractivity contribution in [1.29, 1.82) is 0 Å². The van der Waals surface area contributed by atoms with Crippen LogP contribution in [0.2, 0.25) is 0 Å². The van der Waals surface area contributed by atoms with Crippen LogP contribution in [0.4, 0.5) is 0 Å². The molecule has 0 aliphatic carbocycles. The molecular weight excluding hydrogens is 412 g/mol. The first-order valence-electron chi connectivity index (χ1n) is 2.06. The summed E-state index contributed by atoms with van der Waals surface area (Å²) in [5.41, 5.74) is 0. The molecule has 20 heavy (non-hydrogen) atoms. The Hall–Kier alpha value is 4.28. The van der Waals surface area contributed by atoms with Crippen LogP contribution < -0.4 is 118 Å². The Morgan fingerprint density at radius 3 is 0.450 bits per heavy atom. The maximum absolute atomic E-state index is 8.56. The Bertz CT molecular complexity index is 167. The summed E-state index contributed by atoms with van der Waals surface area (Å²) in [6.07, 6.45) is 0. The third kappa shape index (κ3) is 551. The second kappa shape index (κ2) is 43.6. The zero-order valence-corrected chi connectivity index (χ0v) is 22.0. The van der Waals surface area contributed by atoms with Crippen LogP contribution in [0.3, 0.4) is 0 Å². The summed E-state index contributed by atoms with van der Waals surface area (Å²) in [7, 11) is 0. The van der Waals surface area contributed by atoms with E-state index in [1.807, 2.05) is 0 Å². The van der Waals surface area contributed by atoms with Crippen molar-refractivity contribution in [1.82, 2.24) is 0 Å². The normalized spacial score (nSPS) is 12.4. The fourth-order valence-corrected chi connectivity index (χ4v) is 0. The molecule has 0 spiro atoms. The SMILES string of the molecule is O=S([O-])O.O=S([O-])O.O=S([O-])O.O=S([O-])O.[Na+].[Na+].[Na+].[Na+]. The fourth-order valence-electron chi connectivity index (χ4n) is 0. The average Bonchev–Trinajstić information content (AvgIpc) is 1.76. The molecule has 4 unspecified atom stereocenters. The number of hydrogen-bond donors (Lipinski definition) is 4. The third-order valence-corrected chi connectivity index (χ3v) is 0. The molecule has 0 amide bonds. The van der Waals surface area contributed by atoms with Crippen LogP contribution in [0, 0.1) is 0 Å². The Morgan fingerprint density at radius 2 is 0.450 bits per heavy atom. The van der Waals surface area contributed by atoms with Gasteiger partial charge in [-0.25, -0.2) is 16.8 Å². The van der Waals surface area contributed by atoms with Crippen molar-refractivity contribution in [3.05, 3.63) is 0 Å². The molecule has 0 aromatic carbocycles. The molecule has 0 fully saturated rings. The quantitative estimate of drug-likeness (QED) is 0.212. The second-order valence-corrected chi connectivity index (χ2v) is 2.61. The predicted molar refractivity (Wildman–Crippen MR) is 46.2 cm³/mol. The smallest absolute Gasteiger partial charge is 0.750 e. The molecule has 0 bridgehead atoms. The fraction of sp³-hybridized carbons (Fsp3) is 0. The molecule has 0 saturated heterocycles. The average molecular weight is 416 g/mol. The monoisotopic (exact) mass is 416 g/mol. The minimum absolute atomic E-state index is 0. The Kier molecular flexibility index (Phi) is 108. The van der Waals surface area contributed by atoms with E-state index in [1.54, 1.807) is 0 Å². The minimum atomic E-state index is -2.86. The van der Waals surface area contributed by atoms with Crippen LogP contribution in [0.5, 0.6) is 0 Å². The van der Waals surface area contributed by atoms with E-state index in [-0.39, 0.29) is 118 Å². The van der Waals surface area contributed by atoms with Crippen molar-refractivity contribution < 1.29 is 171 Å². The van der Waals surface area contributed by atoms with Crippen molar-refractivity contribution in [3.63, 3.8) is 0 Å². The van der Waals surface area contributed by atoms with Crippen LogP contribution in [-0.2, 0) is 45.4 Å². The van der Waals surface area contributed by atoms with Crippen LogP contribution in [0.1, 0.15) is 0 Å². The van der Waals surface area contributed by atoms with Crippen molar-refractivity contribution in [2.24, 2.45) is 0 Å². The Labute approximate surface area is 213 Å². The molecule has 0 saturated carbocycles. The molecule has 4 atom stereocenters. The summed E-state index contributed by atoms with van der Waals surface area (Å²) in [6.45, 7) is 0. The van der Waals surface area contributed by atoms with E-state index in [0.29, 0.717) is 0 Å². The van der Waals surface area contributed by atoms with Crippen molar-refractivity contribution in [2.75, 3.05) is 0 Å². The van der Waals surface area contributed by atoms with Gasteiger partial charge in [0.25, 0.3) is 0 Å². The summed E-state index contributed by atoms with van der Waals surface area (Å²) in [6, 6.07) is 0. The van der Waals surface area contributed by atoms with Crippen LogP contribution in [0.25, 0.3) is 0 Å². The Morgan fingerprint density at radius 1 is 0.450 bits per heavy atom. The first kappa shape index (κ1) is 49.6. The summed E-state index contributed by atoms with van der Waals surface area (Å²) < 4.78 is 96.3. The first-order valence-corrected chi connectivity index (χ1v) is 6.19. The zero-order chi connectivity index (χ0) is 14.3. The van der Waals surface area contributed by atoms with E-state index in [2.05, 4.69) is 0 Å². The van der Waals surface area contributed by atoms with Gasteiger partial charge in [-0.3, -0.25) is 0 Å². The molecule has 0 aromatic heterocycles. The molecule has 104 valence electrons. The molecule has 4 N–H and O–H groups in total. The van der Waals surface area contributed by atoms with Gasteiger partial charge in [-0.15, -0.1) is 0 Å². The van der Waals surface area contributed by atoms with Gasteiger partial charge in [-0.1, -0.05) is 0 Å². The summed E-state index contributed by atoms with van der Waals surface area (Å²) in [4.78, 5) is 0. The molecule has 20 heteroatoms. The molecule has 0 radical (unpaired) electrons. The molecule has 0 aliphatic heterocycles. The van der Waals surface area contributed by atoms with E-state index >= 15 is 0 Å². The molecule has 0 aliphatic rings. The van der Waals surface area contributed by atoms with Crippen LogP contribution >= 0.6 is 0 Å².